The molecule has 2 N–H and O–H groups in total. The molecule has 0 aliphatic heterocycles. The molecule has 4 aliphatic rings. The van der Waals surface area contributed by atoms with E-state index in [1.807, 2.05) is 6.92 Å². The summed E-state index contributed by atoms with van der Waals surface area (Å²) in [5.74, 6) is 3.92. The molecule has 0 aromatic rings. The predicted molar refractivity (Wildman–Crippen MR) is 102 cm³/mol. The van der Waals surface area contributed by atoms with E-state index in [2.05, 4.69) is 20.8 Å². The summed E-state index contributed by atoms with van der Waals surface area (Å²) in [6.45, 7) is 8.93. The number of fused-ring (bicyclic) bond motifs is 5. The number of aliphatic hydroxyl groups is 2. The monoisotopic (exact) mass is 362 g/mol. The van der Waals surface area contributed by atoms with Gasteiger partial charge >= 0.3 is 0 Å². The van der Waals surface area contributed by atoms with E-state index in [9.17, 15) is 15.0 Å². The number of carbonyl (C=O) groups is 1. The van der Waals surface area contributed by atoms with Crippen LogP contribution in [0.2, 0.25) is 0 Å². The molecule has 4 saturated carbocycles. The zero-order valence-electron chi connectivity index (χ0n) is 17.1. The van der Waals surface area contributed by atoms with Gasteiger partial charge in [0, 0.05) is 5.92 Å². The lowest BCUT2D eigenvalue weighted by atomic mass is 9.44. The van der Waals surface area contributed by atoms with Crippen LogP contribution in [-0.2, 0) is 4.79 Å². The van der Waals surface area contributed by atoms with Crippen LogP contribution in [0.25, 0.3) is 0 Å². The van der Waals surface area contributed by atoms with Gasteiger partial charge in [0.25, 0.3) is 0 Å². The Hall–Kier alpha value is -0.410. The molecule has 0 aromatic heterocycles. The lowest BCUT2D eigenvalue weighted by Crippen LogP contribution is -2.56. The van der Waals surface area contributed by atoms with Crippen molar-refractivity contribution in [3.05, 3.63) is 0 Å². The second kappa shape index (κ2) is 6.04. The molecule has 0 spiro atoms. The van der Waals surface area contributed by atoms with Crippen LogP contribution < -0.4 is 0 Å². The first kappa shape index (κ1) is 18.9. The molecule has 0 amide bonds. The number of carbonyl (C=O) groups excluding carboxylic acids is 1. The third kappa shape index (κ3) is 2.49. The fourth-order valence-electron chi connectivity index (χ4n) is 8.70. The van der Waals surface area contributed by atoms with E-state index in [0.717, 1.165) is 31.1 Å². The molecule has 0 aromatic carbocycles. The van der Waals surface area contributed by atoms with Crippen molar-refractivity contribution in [3.63, 3.8) is 0 Å². The molecule has 9 atom stereocenters. The van der Waals surface area contributed by atoms with E-state index in [1.54, 1.807) is 0 Å². The summed E-state index contributed by atoms with van der Waals surface area (Å²) in [7, 11) is 0. The van der Waals surface area contributed by atoms with Crippen LogP contribution in [0.15, 0.2) is 0 Å². The average Bonchev–Trinajstić information content (AvgIpc) is 2.86. The first-order valence-electron chi connectivity index (χ1n) is 11.0. The molecule has 3 heteroatoms. The van der Waals surface area contributed by atoms with Crippen LogP contribution in [0.3, 0.4) is 0 Å². The summed E-state index contributed by atoms with van der Waals surface area (Å²) in [6, 6.07) is 0. The van der Waals surface area contributed by atoms with Crippen LogP contribution in [0, 0.1) is 46.3 Å². The highest BCUT2D eigenvalue weighted by Crippen LogP contribution is 2.68. The van der Waals surface area contributed by atoms with Crippen molar-refractivity contribution in [2.24, 2.45) is 46.3 Å². The second-order valence-corrected chi connectivity index (χ2v) is 11.1. The van der Waals surface area contributed by atoms with Crippen LogP contribution in [0.1, 0.15) is 79.1 Å². The Labute approximate surface area is 158 Å². The van der Waals surface area contributed by atoms with Crippen molar-refractivity contribution in [1.82, 2.24) is 0 Å². The van der Waals surface area contributed by atoms with Crippen molar-refractivity contribution < 1.29 is 15.0 Å². The molecule has 0 radical (unpaired) electrons. The topological polar surface area (TPSA) is 57.5 Å². The van der Waals surface area contributed by atoms with Gasteiger partial charge in [-0.05, 0) is 98.7 Å². The molecular formula is C23H38O3. The molecule has 3 nitrogen and oxygen atoms in total. The van der Waals surface area contributed by atoms with Crippen molar-refractivity contribution in [2.45, 2.75) is 84.7 Å². The number of Topliss-reactive ketones (excluding diaryl/α,β-unsaturated/α-hetero) is 1. The van der Waals surface area contributed by atoms with E-state index in [-0.39, 0.29) is 17.9 Å². The fraction of sp³-hybridized carbons (Fsp3) is 0.957. The summed E-state index contributed by atoms with van der Waals surface area (Å²) in [5.41, 5.74) is -0.332. The minimum atomic E-state index is -0.845. The third-order valence-electron chi connectivity index (χ3n) is 9.90. The Morgan fingerprint density at radius 3 is 2.42 bits per heavy atom. The maximum absolute atomic E-state index is 12.4. The quantitative estimate of drug-likeness (QED) is 0.774. The van der Waals surface area contributed by atoms with Gasteiger partial charge in [-0.2, -0.15) is 0 Å². The molecule has 26 heavy (non-hydrogen) atoms. The summed E-state index contributed by atoms with van der Waals surface area (Å²) in [4.78, 5) is 12.4. The summed E-state index contributed by atoms with van der Waals surface area (Å²) in [6.07, 6.45) is 8.68. The van der Waals surface area contributed by atoms with E-state index < -0.39 is 5.60 Å². The van der Waals surface area contributed by atoms with Crippen molar-refractivity contribution in [2.75, 3.05) is 6.61 Å². The standard InChI is InChI=1S/C23H38O3/c1-14-11-19-17-6-5-16-12-23(26,13-24)10-9-21(16,3)18(17)7-8-22(19,4)20(14)15(2)25/h14,16-20,24,26H,5-13H2,1-4H3/t14-,16+,17-,18+,19+,20-,21+,22+,23-/m1/s1. The van der Waals surface area contributed by atoms with Gasteiger partial charge in [-0.25, -0.2) is 0 Å². The van der Waals surface area contributed by atoms with Gasteiger partial charge in [-0.1, -0.05) is 20.8 Å². The first-order chi connectivity index (χ1) is 12.1. The normalized spacial score (nSPS) is 56.4. The van der Waals surface area contributed by atoms with Gasteiger partial charge < -0.3 is 10.2 Å². The van der Waals surface area contributed by atoms with Crippen molar-refractivity contribution in [1.29, 1.82) is 0 Å². The van der Waals surface area contributed by atoms with E-state index in [4.69, 9.17) is 0 Å². The van der Waals surface area contributed by atoms with Crippen LogP contribution in [0.5, 0.6) is 0 Å². The molecular weight excluding hydrogens is 324 g/mol. The first-order valence-corrected chi connectivity index (χ1v) is 11.0. The fourth-order valence-corrected chi connectivity index (χ4v) is 8.70. The molecule has 0 heterocycles. The molecule has 4 aliphatic carbocycles. The number of hydrogen-bond acceptors (Lipinski definition) is 3. The van der Waals surface area contributed by atoms with Gasteiger partial charge in [0.2, 0.25) is 0 Å². The summed E-state index contributed by atoms with van der Waals surface area (Å²) >= 11 is 0. The molecule has 4 fully saturated rings. The second-order valence-electron chi connectivity index (χ2n) is 11.1. The number of ketones is 1. The van der Waals surface area contributed by atoms with E-state index >= 15 is 0 Å². The Morgan fingerprint density at radius 2 is 1.77 bits per heavy atom. The highest BCUT2D eigenvalue weighted by Gasteiger charge is 2.63. The number of rotatable bonds is 2. The van der Waals surface area contributed by atoms with Crippen LogP contribution in [0.4, 0.5) is 0 Å². The number of hydrogen-bond donors (Lipinski definition) is 2. The van der Waals surface area contributed by atoms with Crippen molar-refractivity contribution >= 4 is 5.78 Å². The molecule has 0 bridgehead atoms. The number of aliphatic hydroxyl groups excluding tert-OH is 1. The van der Waals surface area contributed by atoms with E-state index in [0.29, 0.717) is 29.0 Å². The summed E-state index contributed by atoms with van der Waals surface area (Å²) in [5, 5.41) is 20.3. The van der Waals surface area contributed by atoms with Gasteiger partial charge in [0.1, 0.15) is 5.78 Å². The average molecular weight is 363 g/mol. The van der Waals surface area contributed by atoms with Crippen LogP contribution >= 0.6 is 0 Å². The Kier molecular flexibility index (Phi) is 4.40. The van der Waals surface area contributed by atoms with Gasteiger partial charge in [0.15, 0.2) is 0 Å². The largest absolute Gasteiger partial charge is 0.393 e. The van der Waals surface area contributed by atoms with Gasteiger partial charge in [0.05, 0.1) is 12.2 Å². The lowest BCUT2D eigenvalue weighted by molar-refractivity contribution is -0.161. The zero-order chi connectivity index (χ0) is 18.9. The minimum Gasteiger partial charge on any atom is -0.393 e. The molecule has 0 unspecified atom stereocenters. The Bertz CT molecular complexity index is 588. The summed E-state index contributed by atoms with van der Waals surface area (Å²) < 4.78 is 0. The maximum Gasteiger partial charge on any atom is 0.133 e. The molecule has 148 valence electrons. The molecule has 0 saturated heterocycles. The van der Waals surface area contributed by atoms with Crippen molar-refractivity contribution in [3.8, 4) is 0 Å². The Morgan fingerprint density at radius 1 is 1.04 bits per heavy atom. The van der Waals surface area contributed by atoms with Crippen LogP contribution in [-0.4, -0.2) is 28.2 Å². The highest BCUT2D eigenvalue weighted by molar-refractivity contribution is 5.80. The lowest BCUT2D eigenvalue weighted by Gasteiger charge is -2.62. The minimum absolute atomic E-state index is 0.0911. The van der Waals surface area contributed by atoms with E-state index in [1.165, 1.54) is 32.1 Å². The zero-order valence-corrected chi connectivity index (χ0v) is 17.1. The third-order valence-corrected chi connectivity index (χ3v) is 9.90. The SMILES string of the molecule is CC(=O)[C@H]1[C@H](C)C[C@H]2[C@@H]3CC[C@H]4C[C@@](O)(CO)CC[C@]4(C)[C@H]3CC[C@@]21C. The smallest absolute Gasteiger partial charge is 0.133 e. The Balaban J connectivity index is 1.61. The van der Waals surface area contributed by atoms with Gasteiger partial charge in [-0.3, -0.25) is 4.79 Å². The molecule has 4 rings (SSSR count). The maximum atomic E-state index is 12.4. The highest BCUT2D eigenvalue weighted by atomic mass is 16.3. The van der Waals surface area contributed by atoms with Gasteiger partial charge in [-0.15, -0.1) is 0 Å². The predicted octanol–water partition coefficient (Wildman–Crippen LogP) is 4.20.